The Balaban J connectivity index is 1.67. The van der Waals surface area contributed by atoms with Gasteiger partial charge in [0.1, 0.15) is 5.69 Å². The highest BCUT2D eigenvalue weighted by molar-refractivity contribution is 6.31. The topological polar surface area (TPSA) is 45.4 Å². The molecule has 1 aromatic heterocycles. The van der Waals surface area contributed by atoms with Gasteiger partial charge in [-0.3, -0.25) is 4.90 Å². The van der Waals surface area contributed by atoms with Gasteiger partial charge in [-0.15, -0.1) is 10.2 Å². The van der Waals surface area contributed by atoms with E-state index < -0.39 is 0 Å². The van der Waals surface area contributed by atoms with Crippen molar-refractivity contribution in [3.8, 4) is 11.8 Å². The molecular formula is C26H26ClN5. The minimum Gasteiger partial charge on any atom is -0.364 e. The van der Waals surface area contributed by atoms with Crippen molar-refractivity contribution >= 4 is 33.9 Å². The molecule has 0 unspecified atom stereocenters. The second kappa shape index (κ2) is 9.17. The lowest BCUT2D eigenvalue weighted by Crippen LogP contribution is -2.40. The number of likely N-dealkylation sites (tertiary alicyclic amines) is 1. The van der Waals surface area contributed by atoms with Crippen LogP contribution in [0.1, 0.15) is 43.5 Å². The first-order valence-electron chi connectivity index (χ1n) is 10.8. The van der Waals surface area contributed by atoms with Gasteiger partial charge in [-0.05, 0) is 75.9 Å². The van der Waals surface area contributed by atoms with Gasteiger partial charge in [0.15, 0.2) is 11.5 Å². The van der Waals surface area contributed by atoms with E-state index in [2.05, 4.69) is 50.9 Å². The number of aryl methyl sites for hydroxylation is 1. The highest BCUT2D eigenvalue weighted by atomic mass is 35.5. The van der Waals surface area contributed by atoms with E-state index in [1.54, 1.807) is 6.07 Å². The standard InChI is InChI=1S/C26H26ClN5/c1-18-7-8-19(15-23(18)27)17-29-25-22-16-20(28-4)9-10-21(22)24(30-31-25)11-12-26(2,3)32-13-5-6-14-32/h7-10,15-16H,5-6,13-14,17H2,1-3H3,(H,29,31). The van der Waals surface area contributed by atoms with E-state index >= 15 is 0 Å². The molecule has 1 aliphatic heterocycles. The number of nitrogens with zero attached hydrogens (tertiary/aromatic N) is 4. The molecular weight excluding hydrogens is 418 g/mol. The Morgan fingerprint density at radius 3 is 2.62 bits per heavy atom. The summed E-state index contributed by atoms with van der Waals surface area (Å²) in [4.78, 5) is 5.99. The molecule has 1 fully saturated rings. The van der Waals surface area contributed by atoms with Crippen LogP contribution in [0.3, 0.4) is 0 Å². The molecule has 0 radical (unpaired) electrons. The Morgan fingerprint density at radius 1 is 1.12 bits per heavy atom. The van der Waals surface area contributed by atoms with Crippen LogP contribution in [0.2, 0.25) is 5.02 Å². The monoisotopic (exact) mass is 443 g/mol. The molecule has 4 rings (SSSR count). The molecule has 6 heteroatoms. The van der Waals surface area contributed by atoms with Gasteiger partial charge in [-0.2, -0.15) is 0 Å². The zero-order valence-electron chi connectivity index (χ0n) is 18.7. The number of aromatic nitrogens is 2. The summed E-state index contributed by atoms with van der Waals surface area (Å²) in [6.45, 7) is 16.4. The molecule has 162 valence electrons. The minimum absolute atomic E-state index is 0.220. The fraction of sp³-hybridized carbons (Fsp3) is 0.346. The van der Waals surface area contributed by atoms with Crippen molar-refractivity contribution in [3.05, 3.63) is 69.7 Å². The first-order valence-corrected chi connectivity index (χ1v) is 11.2. The van der Waals surface area contributed by atoms with Crippen LogP contribution in [-0.2, 0) is 6.54 Å². The zero-order valence-corrected chi connectivity index (χ0v) is 19.4. The van der Waals surface area contributed by atoms with E-state index in [0.717, 1.165) is 40.0 Å². The van der Waals surface area contributed by atoms with Crippen molar-refractivity contribution in [2.45, 2.75) is 45.7 Å². The van der Waals surface area contributed by atoms with E-state index in [9.17, 15) is 0 Å². The second-order valence-electron chi connectivity index (χ2n) is 8.68. The third-order valence-corrected chi connectivity index (χ3v) is 6.38. The highest BCUT2D eigenvalue weighted by Crippen LogP contribution is 2.28. The van der Waals surface area contributed by atoms with Crippen LogP contribution in [0, 0.1) is 25.3 Å². The summed E-state index contributed by atoms with van der Waals surface area (Å²) in [6.07, 6.45) is 2.44. The fourth-order valence-electron chi connectivity index (χ4n) is 3.93. The first-order chi connectivity index (χ1) is 15.4. The van der Waals surface area contributed by atoms with Crippen molar-refractivity contribution in [3.63, 3.8) is 0 Å². The molecule has 1 saturated heterocycles. The fourth-order valence-corrected chi connectivity index (χ4v) is 4.14. The summed E-state index contributed by atoms with van der Waals surface area (Å²) in [5.41, 5.74) is 3.06. The lowest BCUT2D eigenvalue weighted by molar-refractivity contribution is 0.214. The number of benzene rings is 2. The largest absolute Gasteiger partial charge is 0.364 e. The minimum atomic E-state index is -0.220. The molecule has 0 amide bonds. The number of nitrogens with one attached hydrogen (secondary N) is 1. The van der Waals surface area contributed by atoms with Gasteiger partial charge < -0.3 is 5.32 Å². The van der Waals surface area contributed by atoms with E-state index in [1.165, 1.54) is 12.8 Å². The van der Waals surface area contributed by atoms with E-state index in [0.29, 0.717) is 23.7 Å². The van der Waals surface area contributed by atoms with Crippen molar-refractivity contribution in [1.82, 2.24) is 15.1 Å². The molecule has 1 N–H and O–H groups in total. The number of anilines is 1. The number of hydrogen-bond acceptors (Lipinski definition) is 4. The van der Waals surface area contributed by atoms with Crippen LogP contribution in [0.25, 0.3) is 15.6 Å². The lowest BCUT2D eigenvalue weighted by atomic mass is 10.0. The smallest absolute Gasteiger partial charge is 0.188 e. The van der Waals surface area contributed by atoms with Crippen LogP contribution in [0.5, 0.6) is 0 Å². The van der Waals surface area contributed by atoms with Gasteiger partial charge in [0, 0.05) is 22.3 Å². The van der Waals surface area contributed by atoms with Crippen molar-refractivity contribution in [2.24, 2.45) is 0 Å². The normalized spacial score (nSPS) is 14.1. The maximum absolute atomic E-state index is 7.40. The van der Waals surface area contributed by atoms with Crippen LogP contribution >= 0.6 is 11.6 Å². The molecule has 0 aliphatic carbocycles. The van der Waals surface area contributed by atoms with Gasteiger partial charge >= 0.3 is 0 Å². The summed E-state index contributed by atoms with van der Waals surface area (Å²) in [5, 5.41) is 14.7. The van der Waals surface area contributed by atoms with Gasteiger partial charge in [0.05, 0.1) is 12.1 Å². The Labute approximate surface area is 194 Å². The molecule has 2 heterocycles. The second-order valence-corrected chi connectivity index (χ2v) is 9.09. The summed E-state index contributed by atoms with van der Waals surface area (Å²) >= 11 is 6.26. The molecule has 2 aromatic carbocycles. The van der Waals surface area contributed by atoms with E-state index in [4.69, 9.17) is 18.2 Å². The van der Waals surface area contributed by atoms with Crippen LogP contribution < -0.4 is 5.32 Å². The molecule has 1 aliphatic rings. The van der Waals surface area contributed by atoms with E-state index in [1.807, 2.05) is 37.3 Å². The molecule has 0 spiro atoms. The number of rotatable bonds is 4. The van der Waals surface area contributed by atoms with Gasteiger partial charge in [0.25, 0.3) is 0 Å². The van der Waals surface area contributed by atoms with Gasteiger partial charge in [-0.1, -0.05) is 41.8 Å². The Hall–Kier alpha value is -3.12. The SMILES string of the molecule is [C-]#[N+]c1ccc2c(C#CC(C)(C)N3CCCC3)nnc(NCc3ccc(C)c(Cl)c3)c2c1. The number of fused-ring (bicyclic) bond motifs is 1. The predicted octanol–water partition coefficient (Wildman–Crippen LogP) is 5.98. The average Bonchev–Trinajstić information content (AvgIpc) is 3.34. The Kier molecular flexibility index (Phi) is 6.33. The predicted molar refractivity (Wildman–Crippen MR) is 131 cm³/mol. The van der Waals surface area contributed by atoms with Crippen molar-refractivity contribution in [1.29, 1.82) is 0 Å². The van der Waals surface area contributed by atoms with Crippen LogP contribution in [-0.4, -0.2) is 33.7 Å². The summed E-state index contributed by atoms with van der Waals surface area (Å²) in [5.74, 6) is 7.30. The van der Waals surface area contributed by atoms with E-state index in [-0.39, 0.29) is 5.54 Å². The molecule has 3 aromatic rings. The maximum Gasteiger partial charge on any atom is 0.188 e. The van der Waals surface area contributed by atoms with Crippen molar-refractivity contribution < 1.29 is 0 Å². The maximum atomic E-state index is 7.40. The molecule has 0 atom stereocenters. The summed E-state index contributed by atoms with van der Waals surface area (Å²) < 4.78 is 0. The van der Waals surface area contributed by atoms with Crippen LogP contribution in [0.4, 0.5) is 11.5 Å². The Bertz CT molecular complexity index is 1260. The Morgan fingerprint density at radius 2 is 1.91 bits per heavy atom. The quantitative estimate of drug-likeness (QED) is 0.398. The summed E-state index contributed by atoms with van der Waals surface area (Å²) in [6, 6.07) is 11.5. The average molecular weight is 444 g/mol. The van der Waals surface area contributed by atoms with Gasteiger partial charge in [0.2, 0.25) is 0 Å². The van der Waals surface area contributed by atoms with Gasteiger partial charge in [-0.25, -0.2) is 4.85 Å². The molecule has 32 heavy (non-hydrogen) atoms. The van der Waals surface area contributed by atoms with Crippen LogP contribution in [0.15, 0.2) is 36.4 Å². The highest BCUT2D eigenvalue weighted by Gasteiger charge is 2.27. The molecule has 0 bridgehead atoms. The first kappa shape index (κ1) is 22.1. The third kappa shape index (κ3) is 4.70. The number of hydrogen-bond donors (Lipinski definition) is 1. The lowest BCUT2D eigenvalue weighted by Gasteiger charge is -2.30. The number of halogens is 1. The summed E-state index contributed by atoms with van der Waals surface area (Å²) in [7, 11) is 0. The zero-order chi connectivity index (χ0) is 22.7. The molecule has 0 saturated carbocycles. The third-order valence-electron chi connectivity index (χ3n) is 5.97. The molecule has 5 nitrogen and oxygen atoms in total. The van der Waals surface area contributed by atoms with Crippen molar-refractivity contribution in [2.75, 3.05) is 18.4 Å².